The predicted molar refractivity (Wildman–Crippen MR) is 123 cm³/mol. The van der Waals surface area contributed by atoms with Crippen molar-refractivity contribution >= 4 is 27.2 Å². The van der Waals surface area contributed by atoms with E-state index in [4.69, 9.17) is 4.74 Å². The molecule has 1 atom stereocenters. The van der Waals surface area contributed by atoms with Gasteiger partial charge in [-0.05, 0) is 40.7 Å². The van der Waals surface area contributed by atoms with Crippen molar-refractivity contribution in [2.24, 2.45) is 12.5 Å². The fourth-order valence-electron chi connectivity index (χ4n) is 4.34. The van der Waals surface area contributed by atoms with E-state index in [1.807, 2.05) is 20.8 Å². The van der Waals surface area contributed by atoms with Gasteiger partial charge < -0.3 is 14.6 Å². The Morgan fingerprint density at radius 1 is 1.31 bits per heavy atom. The SMILES string of the molecule is Cn1ccc2c(c1=O)C1=C3C(=CN(C(=O)OCC(C)(C)C)C3CCN1)C=C2CS(C)(=O)=O. The van der Waals surface area contributed by atoms with Crippen LogP contribution in [0.5, 0.6) is 0 Å². The molecule has 0 aromatic carbocycles. The fraction of sp³-hybridized carbons (Fsp3) is 0.478. The van der Waals surface area contributed by atoms with Crippen molar-refractivity contribution in [3.8, 4) is 0 Å². The van der Waals surface area contributed by atoms with Crippen LogP contribution in [-0.4, -0.2) is 55.2 Å². The standard InChI is InChI=1S/C23H29N3O5S/c1-23(2,3)13-31-22(28)26-11-14-10-15(12-32(5,29)30)16-7-9-25(4)21(27)19(16)20-18(14)17(26)6-8-24-20/h7,9-11,17,24H,6,8,12-13H2,1-5H3. The van der Waals surface area contributed by atoms with Crippen LogP contribution in [0.25, 0.3) is 11.3 Å². The summed E-state index contributed by atoms with van der Waals surface area (Å²) in [7, 11) is -1.69. The minimum absolute atomic E-state index is 0.168. The van der Waals surface area contributed by atoms with Crippen LogP contribution in [0.4, 0.5) is 4.79 Å². The number of allylic oxidation sites excluding steroid dienone is 1. The molecule has 1 amide bonds. The number of pyridine rings is 1. The Labute approximate surface area is 188 Å². The molecular formula is C23H29N3O5S. The molecular weight excluding hydrogens is 430 g/mol. The highest BCUT2D eigenvalue weighted by Crippen LogP contribution is 2.42. The number of amides is 1. The fourth-order valence-corrected chi connectivity index (χ4v) is 5.14. The Morgan fingerprint density at radius 2 is 2.03 bits per heavy atom. The zero-order chi connectivity index (χ0) is 23.4. The lowest BCUT2D eigenvalue weighted by atomic mass is 9.92. The highest BCUT2D eigenvalue weighted by atomic mass is 32.2. The van der Waals surface area contributed by atoms with Crippen molar-refractivity contribution in [2.75, 3.05) is 25.2 Å². The number of sulfone groups is 1. The van der Waals surface area contributed by atoms with E-state index in [0.29, 0.717) is 35.4 Å². The molecule has 4 rings (SSSR count). The van der Waals surface area contributed by atoms with Crippen LogP contribution in [0.2, 0.25) is 0 Å². The number of carbonyl (C=O) groups is 1. The first kappa shape index (κ1) is 22.4. The molecule has 2 aliphatic heterocycles. The largest absolute Gasteiger partial charge is 0.449 e. The van der Waals surface area contributed by atoms with E-state index in [9.17, 15) is 18.0 Å². The summed E-state index contributed by atoms with van der Waals surface area (Å²) in [6, 6.07) is 1.50. The maximum absolute atomic E-state index is 13.2. The summed E-state index contributed by atoms with van der Waals surface area (Å²) in [5.74, 6) is -0.204. The van der Waals surface area contributed by atoms with E-state index in [1.165, 1.54) is 10.8 Å². The van der Waals surface area contributed by atoms with E-state index in [1.54, 1.807) is 36.5 Å². The van der Waals surface area contributed by atoms with E-state index >= 15 is 0 Å². The summed E-state index contributed by atoms with van der Waals surface area (Å²) in [6.45, 7) is 6.83. The zero-order valence-corrected chi connectivity index (χ0v) is 19.9. The molecule has 1 aromatic rings. The molecule has 3 aliphatic rings. The Kier molecular flexibility index (Phi) is 5.35. The Balaban J connectivity index is 1.88. The number of aromatic nitrogens is 1. The highest BCUT2D eigenvalue weighted by Gasteiger charge is 2.41. The van der Waals surface area contributed by atoms with Gasteiger partial charge in [0.15, 0.2) is 9.84 Å². The lowest BCUT2D eigenvalue weighted by Crippen LogP contribution is -2.41. The molecule has 1 aliphatic carbocycles. The Bertz CT molecular complexity index is 1250. The third-order valence-corrected chi connectivity index (χ3v) is 6.53. The number of aryl methyl sites for hydroxylation is 1. The van der Waals surface area contributed by atoms with Gasteiger partial charge in [0, 0.05) is 37.8 Å². The molecule has 0 saturated heterocycles. The lowest BCUT2D eigenvalue weighted by Gasteiger charge is -2.31. The molecule has 1 unspecified atom stereocenters. The number of fused-ring (bicyclic) bond motifs is 2. The number of nitrogens with one attached hydrogen (secondary N) is 1. The summed E-state index contributed by atoms with van der Waals surface area (Å²) < 4.78 is 31.4. The molecule has 0 radical (unpaired) electrons. The number of hydrogen-bond donors (Lipinski definition) is 1. The molecule has 8 nitrogen and oxygen atoms in total. The molecule has 0 spiro atoms. The van der Waals surface area contributed by atoms with Crippen molar-refractivity contribution in [1.82, 2.24) is 14.8 Å². The summed E-state index contributed by atoms with van der Waals surface area (Å²) >= 11 is 0. The van der Waals surface area contributed by atoms with Crippen LogP contribution in [0.15, 0.2) is 40.5 Å². The number of hydrogen-bond acceptors (Lipinski definition) is 6. The summed E-state index contributed by atoms with van der Waals surface area (Å²) in [5, 5.41) is 3.35. The predicted octanol–water partition coefficient (Wildman–Crippen LogP) is 2.28. The number of ether oxygens (including phenoxy) is 1. The first-order valence-corrected chi connectivity index (χ1v) is 12.7. The van der Waals surface area contributed by atoms with E-state index in [2.05, 4.69) is 5.32 Å². The second-order valence-electron chi connectivity index (χ2n) is 9.89. The molecule has 32 heavy (non-hydrogen) atoms. The maximum atomic E-state index is 13.2. The lowest BCUT2D eigenvalue weighted by molar-refractivity contribution is 0.0783. The Hall–Kier alpha value is -2.81. The van der Waals surface area contributed by atoms with Gasteiger partial charge in [-0.25, -0.2) is 13.2 Å². The highest BCUT2D eigenvalue weighted by molar-refractivity contribution is 7.91. The summed E-state index contributed by atoms with van der Waals surface area (Å²) in [5.41, 5.74) is 3.41. The smallest absolute Gasteiger partial charge is 0.414 e. The van der Waals surface area contributed by atoms with Gasteiger partial charge in [-0.2, -0.15) is 0 Å². The topological polar surface area (TPSA) is 97.7 Å². The first-order chi connectivity index (χ1) is 14.9. The average Bonchev–Trinajstić information content (AvgIpc) is 2.98. The van der Waals surface area contributed by atoms with Crippen LogP contribution in [0.1, 0.15) is 38.3 Å². The average molecular weight is 460 g/mol. The normalized spacial score (nSPS) is 20.0. The van der Waals surface area contributed by atoms with E-state index < -0.39 is 15.9 Å². The summed E-state index contributed by atoms with van der Waals surface area (Å²) in [6.07, 6.45) is 6.54. The van der Waals surface area contributed by atoms with Gasteiger partial charge in [0.2, 0.25) is 0 Å². The quantitative estimate of drug-likeness (QED) is 0.745. The van der Waals surface area contributed by atoms with Crippen LogP contribution in [0, 0.1) is 5.41 Å². The van der Waals surface area contributed by atoms with Gasteiger partial charge in [0.1, 0.15) is 0 Å². The summed E-state index contributed by atoms with van der Waals surface area (Å²) in [4.78, 5) is 27.7. The van der Waals surface area contributed by atoms with Gasteiger partial charge in [-0.15, -0.1) is 0 Å². The number of carbonyl (C=O) groups excluding carboxylic acids is 1. The van der Waals surface area contributed by atoms with Gasteiger partial charge in [0.05, 0.1) is 29.7 Å². The van der Waals surface area contributed by atoms with Crippen molar-refractivity contribution < 1.29 is 17.9 Å². The number of rotatable bonds is 3. The zero-order valence-electron chi connectivity index (χ0n) is 19.1. The minimum Gasteiger partial charge on any atom is -0.449 e. The molecule has 172 valence electrons. The third-order valence-electron chi connectivity index (χ3n) is 5.70. The van der Waals surface area contributed by atoms with Crippen LogP contribution >= 0.6 is 0 Å². The van der Waals surface area contributed by atoms with E-state index in [-0.39, 0.29) is 29.4 Å². The monoisotopic (exact) mass is 459 g/mol. The molecule has 3 heterocycles. The van der Waals surface area contributed by atoms with E-state index in [0.717, 1.165) is 11.1 Å². The molecule has 1 aromatic heterocycles. The van der Waals surface area contributed by atoms with Crippen molar-refractivity contribution in [1.29, 1.82) is 0 Å². The Morgan fingerprint density at radius 3 is 2.69 bits per heavy atom. The van der Waals surface area contributed by atoms with Crippen molar-refractivity contribution in [3.63, 3.8) is 0 Å². The van der Waals surface area contributed by atoms with Crippen molar-refractivity contribution in [2.45, 2.75) is 33.2 Å². The molecule has 0 saturated carbocycles. The second kappa shape index (κ2) is 7.65. The van der Waals surface area contributed by atoms with Crippen LogP contribution in [-0.2, 0) is 21.6 Å². The molecule has 0 bridgehead atoms. The van der Waals surface area contributed by atoms with Gasteiger partial charge >= 0.3 is 6.09 Å². The third kappa shape index (κ3) is 4.13. The number of nitrogens with zero attached hydrogens (tertiary/aromatic N) is 2. The maximum Gasteiger partial charge on any atom is 0.414 e. The van der Waals surface area contributed by atoms with Gasteiger partial charge in [-0.3, -0.25) is 9.69 Å². The second-order valence-corrected chi connectivity index (χ2v) is 12.0. The van der Waals surface area contributed by atoms with Crippen molar-refractivity contribution in [3.05, 3.63) is 57.2 Å². The van der Waals surface area contributed by atoms with Gasteiger partial charge in [0.25, 0.3) is 5.56 Å². The molecule has 9 heteroatoms. The molecule has 0 fully saturated rings. The first-order valence-electron chi connectivity index (χ1n) is 10.6. The van der Waals surface area contributed by atoms with Crippen LogP contribution < -0.4 is 10.9 Å². The minimum atomic E-state index is -3.36. The van der Waals surface area contributed by atoms with Crippen LogP contribution in [0.3, 0.4) is 0 Å². The van der Waals surface area contributed by atoms with Gasteiger partial charge in [-0.1, -0.05) is 20.8 Å². The molecule has 1 N–H and O–H groups in total.